The van der Waals surface area contributed by atoms with Gasteiger partial charge in [-0.1, -0.05) is 30.3 Å². The monoisotopic (exact) mass is 265 g/mol. The number of nitrogens with one attached hydrogen (secondary N) is 2. The second-order valence-electron chi connectivity index (χ2n) is 4.43. The predicted octanol–water partition coefficient (Wildman–Crippen LogP) is 3.00. The van der Waals surface area contributed by atoms with Crippen molar-refractivity contribution in [3.05, 3.63) is 48.5 Å². The molecule has 0 spiro atoms. The third kappa shape index (κ3) is 2.47. The summed E-state index contributed by atoms with van der Waals surface area (Å²) in [4.78, 5) is 8.23. The summed E-state index contributed by atoms with van der Waals surface area (Å²) < 4.78 is 0. The third-order valence-electron chi connectivity index (χ3n) is 3.02. The average molecular weight is 265 g/mol. The molecule has 0 amide bonds. The Kier molecular flexibility index (Phi) is 3.09. The van der Waals surface area contributed by atoms with Gasteiger partial charge >= 0.3 is 0 Å². The predicted molar refractivity (Wildman–Crippen MR) is 83.2 cm³/mol. The maximum atomic E-state index is 5.68. The Hall–Kier alpha value is -2.82. The van der Waals surface area contributed by atoms with Gasteiger partial charge in [0.15, 0.2) is 0 Å². The molecular weight excluding hydrogens is 250 g/mol. The molecule has 2 aromatic carbocycles. The topological polar surface area (TPSA) is 75.9 Å². The maximum Gasteiger partial charge on any atom is 0.223 e. The van der Waals surface area contributed by atoms with Gasteiger partial charge in [0.25, 0.3) is 0 Å². The van der Waals surface area contributed by atoms with E-state index in [4.69, 9.17) is 5.73 Å². The molecule has 0 saturated carbocycles. The van der Waals surface area contributed by atoms with Crippen LogP contribution in [-0.4, -0.2) is 17.0 Å². The highest BCUT2D eigenvalue weighted by atomic mass is 15.1. The molecule has 100 valence electrons. The first-order valence-corrected chi connectivity index (χ1v) is 6.33. The van der Waals surface area contributed by atoms with Crippen LogP contribution in [0.15, 0.2) is 48.5 Å². The normalized spacial score (nSPS) is 10.4. The molecule has 0 fully saturated rings. The number of hydrogen-bond acceptors (Lipinski definition) is 5. The van der Waals surface area contributed by atoms with Gasteiger partial charge in [-0.2, -0.15) is 9.97 Å². The van der Waals surface area contributed by atoms with Crippen molar-refractivity contribution in [1.29, 1.82) is 0 Å². The summed E-state index contributed by atoms with van der Waals surface area (Å²) in [6.07, 6.45) is 0. The first kappa shape index (κ1) is 12.2. The van der Waals surface area contributed by atoms with Gasteiger partial charge in [-0.15, -0.1) is 0 Å². The van der Waals surface area contributed by atoms with Crippen molar-refractivity contribution in [3.63, 3.8) is 0 Å². The van der Waals surface area contributed by atoms with Crippen LogP contribution in [0.3, 0.4) is 0 Å². The lowest BCUT2D eigenvalue weighted by Gasteiger charge is -2.09. The van der Waals surface area contributed by atoms with Crippen LogP contribution in [0.1, 0.15) is 0 Å². The molecule has 1 aromatic heterocycles. The fraction of sp³-hybridized carbons (Fsp3) is 0.0667. The molecular formula is C15H15N5. The van der Waals surface area contributed by atoms with Crippen LogP contribution in [-0.2, 0) is 0 Å². The minimum absolute atomic E-state index is 0.236. The first-order valence-electron chi connectivity index (χ1n) is 6.33. The largest absolute Gasteiger partial charge is 0.373 e. The van der Waals surface area contributed by atoms with E-state index in [2.05, 4.69) is 44.9 Å². The quantitative estimate of drug-likeness (QED) is 0.678. The minimum Gasteiger partial charge on any atom is -0.373 e. The summed E-state index contributed by atoms with van der Waals surface area (Å²) >= 11 is 0. The van der Waals surface area contributed by atoms with Gasteiger partial charge in [0, 0.05) is 18.8 Å². The number of aromatic nitrogens is 2. The molecule has 0 aliphatic carbocycles. The Morgan fingerprint density at radius 2 is 1.65 bits per heavy atom. The van der Waals surface area contributed by atoms with Crippen LogP contribution in [0.5, 0.6) is 0 Å². The molecule has 0 saturated heterocycles. The van der Waals surface area contributed by atoms with E-state index in [0.29, 0.717) is 11.6 Å². The lowest BCUT2D eigenvalue weighted by Crippen LogP contribution is -2.03. The van der Waals surface area contributed by atoms with Crippen LogP contribution in [0.4, 0.5) is 23.3 Å². The number of rotatable bonds is 3. The maximum absolute atomic E-state index is 5.68. The first-order chi connectivity index (χ1) is 9.74. The number of nitrogens with two attached hydrogens (primary N) is 1. The van der Waals surface area contributed by atoms with Gasteiger partial charge in [-0.3, -0.25) is 0 Å². The molecule has 0 radical (unpaired) electrons. The summed E-state index contributed by atoms with van der Waals surface area (Å²) in [5.74, 6) is 1.58. The third-order valence-corrected chi connectivity index (χ3v) is 3.02. The van der Waals surface area contributed by atoms with Crippen molar-refractivity contribution in [2.75, 3.05) is 23.4 Å². The van der Waals surface area contributed by atoms with Gasteiger partial charge < -0.3 is 16.4 Å². The highest BCUT2D eigenvalue weighted by molar-refractivity contribution is 5.86. The van der Waals surface area contributed by atoms with Crippen LogP contribution in [0, 0.1) is 0 Å². The number of hydrogen-bond donors (Lipinski definition) is 3. The van der Waals surface area contributed by atoms with Crippen molar-refractivity contribution >= 4 is 34.0 Å². The van der Waals surface area contributed by atoms with Crippen molar-refractivity contribution < 1.29 is 0 Å². The van der Waals surface area contributed by atoms with Gasteiger partial charge in [0.05, 0.1) is 0 Å². The number of nitrogens with zero attached hydrogens (tertiary/aromatic N) is 2. The van der Waals surface area contributed by atoms with Gasteiger partial charge in [-0.25, -0.2) is 0 Å². The van der Waals surface area contributed by atoms with Crippen LogP contribution >= 0.6 is 0 Å². The van der Waals surface area contributed by atoms with E-state index in [0.717, 1.165) is 5.69 Å². The van der Waals surface area contributed by atoms with Crippen molar-refractivity contribution in [1.82, 2.24) is 9.97 Å². The zero-order chi connectivity index (χ0) is 13.9. The van der Waals surface area contributed by atoms with E-state index >= 15 is 0 Å². The average Bonchev–Trinajstić information content (AvgIpc) is 2.46. The van der Waals surface area contributed by atoms with E-state index in [9.17, 15) is 0 Å². The van der Waals surface area contributed by atoms with E-state index in [1.807, 2.05) is 24.3 Å². The van der Waals surface area contributed by atoms with Gasteiger partial charge in [0.1, 0.15) is 11.6 Å². The molecule has 0 bridgehead atoms. The Morgan fingerprint density at radius 3 is 2.45 bits per heavy atom. The van der Waals surface area contributed by atoms with Crippen LogP contribution in [0.25, 0.3) is 10.8 Å². The molecule has 20 heavy (non-hydrogen) atoms. The molecule has 3 rings (SSSR count). The smallest absolute Gasteiger partial charge is 0.223 e. The van der Waals surface area contributed by atoms with E-state index in [-0.39, 0.29) is 5.95 Å². The Labute approximate surface area is 116 Å². The number of nitrogen functional groups attached to an aromatic ring is 1. The second-order valence-corrected chi connectivity index (χ2v) is 4.43. The Bertz CT molecular complexity index is 754. The molecule has 0 aliphatic rings. The lowest BCUT2D eigenvalue weighted by atomic mass is 10.1. The Balaban J connectivity index is 1.94. The zero-order valence-corrected chi connectivity index (χ0v) is 11.1. The SMILES string of the molecule is CNc1cc(Nc2ccc3ccccc3c2)nc(N)n1. The number of fused-ring (bicyclic) bond motifs is 1. The highest BCUT2D eigenvalue weighted by Crippen LogP contribution is 2.22. The molecule has 0 atom stereocenters. The Morgan fingerprint density at radius 1 is 0.900 bits per heavy atom. The number of anilines is 4. The fourth-order valence-corrected chi connectivity index (χ4v) is 2.07. The minimum atomic E-state index is 0.236. The van der Waals surface area contributed by atoms with Crippen molar-refractivity contribution in [2.24, 2.45) is 0 Å². The molecule has 1 heterocycles. The zero-order valence-electron chi connectivity index (χ0n) is 11.1. The summed E-state index contributed by atoms with van der Waals surface area (Å²) in [6, 6.07) is 16.2. The summed E-state index contributed by atoms with van der Waals surface area (Å²) in [7, 11) is 1.79. The molecule has 3 aromatic rings. The van der Waals surface area contributed by atoms with Gasteiger partial charge in [-0.05, 0) is 22.9 Å². The molecule has 5 heteroatoms. The van der Waals surface area contributed by atoms with Crippen LogP contribution in [0.2, 0.25) is 0 Å². The second kappa shape index (κ2) is 5.05. The molecule has 0 aliphatic heterocycles. The lowest BCUT2D eigenvalue weighted by molar-refractivity contribution is 1.17. The molecule has 5 nitrogen and oxygen atoms in total. The van der Waals surface area contributed by atoms with Crippen molar-refractivity contribution in [3.8, 4) is 0 Å². The summed E-state index contributed by atoms with van der Waals surface area (Å²) in [6.45, 7) is 0. The van der Waals surface area contributed by atoms with E-state index < -0.39 is 0 Å². The molecule has 0 unspecified atom stereocenters. The van der Waals surface area contributed by atoms with Gasteiger partial charge in [0.2, 0.25) is 5.95 Å². The van der Waals surface area contributed by atoms with E-state index in [1.165, 1.54) is 10.8 Å². The molecule has 4 N–H and O–H groups in total. The highest BCUT2D eigenvalue weighted by Gasteiger charge is 2.02. The summed E-state index contributed by atoms with van der Waals surface area (Å²) in [5.41, 5.74) is 6.64. The van der Waals surface area contributed by atoms with Crippen LogP contribution < -0.4 is 16.4 Å². The van der Waals surface area contributed by atoms with E-state index in [1.54, 1.807) is 7.05 Å². The van der Waals surface area contributed by atoms with Crippen molar-refractivity contribution in [2.45, 2.75) is 0 Å². The fourth-order valence-electron chi connectivity index (χ4n) is 2.07. The number of benzene rings is 2. The summed E-state index contributed by atoms with van der Waals surface area (Å²) in [5, 5.41) is 8.57. The standard InChI is InChI=1S/C15H15N5/c1-17-13-9-14(20-15(16)19-13)18-12-7-6-10-4-2-3-5-11(10)8-12/h2-9H,1H3,(H4,16,17,18,19,20).